The normalized spacial score (nSPS) is 13.7. The van der Waals surface area contributed by atoms with Crippen molar-refractivity contribution >= 4 is 19.8 Å². The third-order valence-electron chi connectivity index (χ3n) is 8.38. The first-order chi connectivity index (χ1) is 22.5. The Morgan fingerprint density at radius 3 is 1.36 bits per heavy atom. The van der Waals surface area contributed by atoms with Crippen LogP contribution < -0.4 is 4.89 Å². The van der Waals surface area contributed by atoms with E-state index in [1.807, 2.05) is 21.1 Å². The minimum absolute atomic E-state index is 0.0262. The molecule has 0 aliphatic carbocycles. The molecule has 0 aliphatic rings. The number of ether oxygens (including phenoxy) is 2. The summed E-state index contributed by atoms with van der Waals surface area (Å²) < 4.78 is 33.7. The van der Waals surface area contributed by atoms with Crippen LogP contribution >= 0.6 is 7.82 Å². The Hall–Kier alpha value is -0.990. The molecule has 0 spiro atoms. The molecule has 0 rings (SSSR count). The van der Waals surface area contributed by atoms with Crippen LogP contribution in [0.5, 0.6) is 0 Å². The van der Waals surface area contributed by atoms with Crippen LogP contribution in [0, 0.1) is 0 Å². The van der Waals surface area contributed by atoms with Crippen LogP contribution in [0.1, 0.15) is 174 Å². The van der Waals surface area contributed by atoms with Gasteiger partial charge in [0.1, 0.15) is 19.8 Å². The average molecular weight is 692 g/mol. The summed E-state index contributed by atoms with van der Waals surface area (Å²) in [6.45, 7) is 4.21. The monoisotopic (exact) mass is 692 g/mol. The molecule has 2 atom stereocenters. The van der Waals surface area contributed by atoms with Gasteiger partial charge in [-0.3, -0.25) is 14.2 Å². The molecule has 0 heterocycles. The molecular formula is C37H74NO8P. The molecule has 0 aromatic rings. The fraction of sp³-hybridized carbons (Fsp3) is 0.946. The van der Waals surface area contributed by atoms with Gasteiger partial charge in [-0.2, -0.15) is 0 Å². The summed E-state index contributed by atoms with van der Waals surface area (Å²) in [5.41, 5.74) is 0. The number of carbonyl (C=O) groups is 2. The number of phosphoric acid groups is 1. The van der Waals surface area contributed by atoms with Crippen LogP contribution in [0.3, 0.4) is 0 Å². The van der Waals surface area contributed by atoms with E-state index < -0.39 is 26.5 Å². The number of hydrogen-bond acceptors (Lipinski definition) is 8. The molecule has 0 N–H and O–H groups in total. The fourth-order valence-electron chi connectivity index (χ4n) is 5.30. The summed E-state index contributed by atoms with van der Waals surface area (Å²) in [7, 11) is 1.18. The van der Waals surface area contributed by atoms with Gasteiger partial charge in [0.25, 0.3) is 7.82 Å². The number of phosphoric ester groups is 1. The van der Waals surface area contributed by atoms with Crippen molar-refractivity contribution in [3.05, 3.63) is 0 Å². The van der Waals surface area contributed by atoms with Crippen molar-refractivity contribution < 1.29 is 42.1 Å². The topological polar surface area (TPSA) is 111 Å². The van der Waals surface area contributed by atoms with Crippen LogP contribution in [-0.4, -0.2) is 70.0 Å². The van der Waals surface area contributed by atoms with Gasteiger partial charge in [-0.25, -0.2) is 0 Å². The smallest absolute Gasteiger partial charge is 0.306 e. The van der Waals surface area contributed by atoms with Crippen LogP contribution in [0.25, 0.3) is 0 Å². The lowest BCUT2D eigenvalue weighted by Gasteiger charge is -2.28. The number of rotatable bonds is 35. The van der Waals surface area contributed by atoms with Crippen molar-refractivity contribution in [1.82, 2.24) is 0 Å². The molecule has 280 valence electrons. The van der Waals surface area contributed by atoms with Crippen molar-refractivity contribution in [2.75, 3.05) is 47.5 Å². The number of esters is 2. The summed E-state index contributed by atoms with van der Waals surface area (Å²) in [4.78, 5) is 37.2. The third kappa shape index (κ3) is 34.7. The number of quaternary nitrogens is 1. The predicted octanol–water partition coefficient (Wildman–Crippen LogP) is 9.44. The maximum absolute atomic E-state index is 12.6. The highest BCUT2D eigenvalue weighted by Gasteiger charge is 2.21. The molecule has 9 nitrogen and oxygen atoms in total. The molecule has 10 heteroatoms. The lowest BCUT2D eigenvalue weighted by Crippen LogP contribution is -2.37. The number of unbranched alkanes of at least 4 members (excludes halogenated alkanes) is 21. The summed E-state index contributed by atoms with van der Waals surface area (Å²) in [6.07, 6.45) is 27.0. The zero-order valence-electron chi connectivity index (χ0n) is 31.2. The maximum Gasteiger partial charge on any atom is 0.306 e. The number of nitrogens with zero attached hydrogens (tertiary/aromatic N) is 1. The van der Waals surface area contributed by atoms with E-state index in [0.29, 0.717) is 17.4 Å². The summed E-state index contributed by atoms with van der Waals surface area (Å²) in [6, 6.07) is 0. The molecule has 0 aromatic carbocycles. The zero-order valence-corrected chi connectivity index (χ0v) is 32.1. The van der Waals surface area contributed by atoms with E-state index >= 15 is 0 Å². The lowest BCUT2D eigenvalue weighted by molar-refractivity contribution is -0.870. The second kappa shape index (κ2) is 31.0. The Morgan fingerprint density at radius 1 is 0.574 bits per heavy atom. The summed E-state index contributed by atoms with van der Waals surface area (Å²) in [5.74, 6) is -0.829. The molecule has 0 bridgehead atoms. The average Bonchev–Trinajstić information content (AvgIpc) is 3.01. The second-order valence-corrected chi connectivity index (χ2v) is 15.7. The Labute approximate surface area is 289 Å². The fourth-order valence-corrected chi connectivity index (χ4v) is 6.03. The van der Waals surface area contributed by atoms with Crippen LogP contribution in [0.4, 0.5) is 0 Å². The van der Waals surface area contributed by atoms with Gasteiger partial charge in [0.2, 0.25) is 0 Å². The Balaban J connectivity index is 4.39. The van der Waals surface area contributed by atoms with Crippen molar-refractivity contribution in [3.8, 4) is 0 Å². The minimum Gasteiger partial charge on any atom is -0.756 e. The Morgan fingerprint density at radius 2 is 0.957 bits per heavy atom. The summed E-state index contributed by atoms with van der Waals surface area (Å²) >= 11 is 0. The van der Waals surface area contributed by atoms with Gasteiger partial charge < -0.3 is 27.9 Å². The first-order valence-corrected chi connectivity index (χ1v) is 20.7. The molecule has 1 unspecified atom stereocenters. The minimum atomic E-state index is -4.61. The summed E-state index contributed by atoms with van der Waals surface area (Å²) in [5, 5.41) is 0. The number of likely N-dealkylation sites (N-methyl/N-ethyl adjacent to an activating group) is 1. The van der Waals surface area contributed by atoms with E-state index in [4.69, 9.17) is 18.5 Å². The molecule has 47 heavy (non-hydrogen) atoms. The van der Waals surface area contributed by atoms with E-state index in [1.165, 1.54) is 109 Å². The van der Waals surface area contributed by atoms with Crippen LogP contribution in [0.2, 0.25) is 0 Å². The molecular weight excluding hydrogens is 617 g/mol. The van der Waals surface area contributed by atoms with Crippen molar-refractivity contribution in [1.29, 1.82) is 0 Å². The van der Waals surface area contributed by atoms with Gasteiger partial charge in [-0.05, 0) is 12.8 Å². The van der Waals surface area contributed by atoms with Gasteiger partial charge in [0.05, 0.1) is 27.7 Å². The molecule has 0 aliphatic heterocycles. The zero-order chi connectivity index (χ0) is 35.1. The molecule has 0 saturated carbocycles. The molecule has 0 saturated heterocycles. The maximum atomic E-state index is 12.6. The highest BCUT2D eigenvalue weighted by molar-refractivity contribution is 7.45. The standard InChI is InChI=1S/C37H74NO8P/c1-6-8-10-12-14-16-17-18-19-20-22-24-26-28-30-37(40)46-35(34-45-47(41,42)44-32-31-38(3,4)5)33-43-36(39)29-27-25-23-21-15-13-11-9-7-2/h35H,6-34H2,1-5H3/t35-/m1/s1. The van der Waals surface area contributed by atoms with E-state index in [-0.39, 0.29) is 32.0 Å². The SMILES string of the molecule is CCCCCCCCCCCCCCCCC(=O)O[C@H](COC(=O)CCCCCCCCCCC)COP(=O)([O-])OCC[N+](C)(C)C. The van der Waals surface area contributed by atoms with E-state index in [2.05, 4.69) is 13.8 Å². The second-order valence-electron chi connectivity index (χ2n) is 14.3. The van der Waals surface area contributed by atoms with Crippen molar-refractivity contribution in [2.24, 2.45) is 0 Å². The van der Waals surface area contributed by atoms with Gasteiger partial charge in [-0.1, -0.05) is 149 Å². The first-order valence-electron chi connectivity index (χ1n) is 19.2. The van der Waals surface area contributed by atoms with Gasteiger partial charge in [0.15, 0.2) is 6.10 Å². The molecule has 0 amide bonds. The van der Waals surface area contributed by atoms with Crippen molar-refractivity contribution in [2.45, 2.75) is 180 Å². The first kappa shape index (κ1) is 46.0. The molecule has 0 radical (unpaired) electrons. The third-order valence-corrected chi connectivity index (χ3v) is 9.34. The number of carbonyl (C=O) groups excluding carboxylic acids is 2. The quantitative estimate of drug-likeness (QED) is 0.0280. The molecule has 0 aromatic heterocycles. The van der Waals surface area contributed by atoms with E-state index in [1.54, 1.807) is 0 Å². The van der Waals surface area contributed by atoms with Crippen LogP contribution in [-0.2, 0) is 32.7 Å². The van der Waals surface area contributed by atoms with Gasteiger partial charge >= 0.3 is 11.9 Å². The van der Waals surface area contributed by atoms with Gasteiger partial charge in [-0.15, -0.1) is 0 Å². The molecule has 0 fully saturated rings. The largest absolute Gasteiger partial charge is 0.756 e. The lowest BCUT2D eigenvalue weighted by atomic mass is 10.0. The Bertz CT molecular complexity index is 789. The van der Waals surface area contributed by atoms with Crippen LogP contribution in [0.15, 0.2) is 0 Å². The van der Waals surface area contributed by atoms with Gasteiger partial charge in [0, 0.05) is 12.8 Å². The number of hydrogen-bond donors (Lipinski definition) is 0. The van der Waals surface area contributed by atoms with Crippen molar-refractivity contribution in [3.63, 3.8) is 0 Å². The highest BCUT2D eigenvalue weighted by atomic mass is 31.2. The predicted molar refractivity (Wildman–Crippen MR) is 190 cm³/mol. The Kier molecular flexibility index (Phi) is 30.4. The van der Waals surface area contributed by atoms with E-state index in [9.17, 15) is 19.0 Å². The van der Waals surface area contributed by atoms with E-state index in [0.717, 1.165) is 32.1 Å². The highest BCUT2D eigenvalue weighted by Crippen LogP contribution is 2.38.